The number of hydrogen-bond acceptors (Lipinski definition) is 3. The smallest absolute Gasteiger partial charge is 0.161 e. The van der Waals surface area contributed by atoms with Gasteiger partial charge in [-0.3, -0.25) is 0 Å². The molecular formula is C16H23NO2. The molecule has 0 amide bonds. The SMILES string of the molecule is CC#CCCOc1ccc(CNCC)cc1OCC. The Labute approximate surface area is 116 Å². The Morgan fingerprint density at radius 3 is 2.68 bits per heavy atom. The van der Waals surface area contributed by atoms with E-state index in [4.69, 9.17) is 9.47 Å². The largest absolute Gasteiger partial charge is 0.490 e. The quantitative estimate of drug-likeness (QED) is 0.576. The van der Waals surface area contributed by atoms with Crippen molar-refractivity contribution >= 4 is 0 Å². The molecule has 0 heterocycles. The lowest BCUT2D eigenvalue weighted by atomic mass is 10.2. The Balaban J connectivity index is 2.69. The van der Waals surface area contributed by atoms with Crippen molar-refractivity contribution in [2.75, 3.05) is 19.8 Å². The van der Waals surface area contributed by atoms with Gasteiger partial charge in [0, 0.05) is 13.0 Å². The van der Waals surface area contributed by atoms with E-state index in [0.29, 0.717) is 13.2 Å². The van der Waals surface area contributed by atoms with Crippen LogP contribution in [-0.2, 0) is 6.54 Å². The summed E-state index contributed by atoms with van der Waals surface area (Å²) in [5.74, 6) is 7.44. The molecule has 1 aromatic carbocycles. The van der Waals surface area contributed by atoms with Crippen molar-refractivity contribution in [2.45, 2.75) is 33.7 Å². The third kappa shape index (κ3) is 5.67. The van der Waals surface area contributed by atoms with Crippen LogP contribution in [0.2, 0.25) is 0 Å². The monoisotopic (exact) mass is 261 g/mol. The second-order valence-electron chi connectivity index (χ2n) is 4.02. The first-order valence-electron chi connectivity index (χ1n) is 6.80. The fourth-order valence-electron chi connectivity index (χ4n) is 1.66. The van der Waals surface area contributed by atoms with Gasteiger partial charge in [0.2, 0.25) is 0 Å². The Morgan fingerprint density at radius 1 is 1.16 bits per heavy atom. The molecule has 0 aliphatic heterocycles. The van der Waals surface area contributed by atoms with Gasteiger partial charge in [0.05, 0.1) is 13.2 Å². The molecule has 0 aliphatic rings. The summed E-state index contributed by atoms with van der Waals surface area (Å²) < 4.78 is 11.3. The Morgan fingerprint density at radius 2 is 2.00 bits per heavy atom. The molecule has 0 aliphatic carbocycles. The van der Waals surface area contributed by atoms with Crippen LogP contribution in [0.5, 0.6) is 11.5 Å². The van der Waals surface area contributed by atoms with Crippen molar-refractivity contribution in [1.29, 1.82) is 0 Å². The Bertz CT molecular complexity index is 432. The van der Waals surface area contributed by atoms with Gasteiger partial charge < -0.3 is 14.8 Å². The zero-order chi connectivity index (χ0) is 13.9. The van der Waals surface area contributed by atoms with Crippen LogP contribution in [0.1, 0.15) is 32.8 Å². The Hall–Kier alpha value is -1.66. The zero-order valence-electron chi connectivity index (χ0n) is 12.1. The van der Waals surface area contributed by atoms with Gasteiger partial charge in [-0.1, -0.05) is 13.0 Å². The minimum Gasteiger partial charge on any atom is -0.490 e. The van der Waals surface area contributed by atoms with Gasteiger partial charge in [-0.2, -0.15) is 0 Å². The molecular weight excluding hydrogens is 238 g/mol. The van der Waals surface area contributed by atoms with Gasteiger partial charge in [0.1, 0.15) is 0 Å². The molecule has 3 nitrogen and oxygen atoms in total. The van der Waals surface area contributed by atoms with Crippen molar-refractivity contribution in [1.82, 2.24) is 5.32 Å². The number of rotatable bonds is 8. The third-order valence-electron chi connectivity index (χ3n) is 2.55. The molecule has 0 fully saturated rings. The van der Waals surface area contributed by atoms with Crippen LogP contribution >= 0.6 is 0 Å². The molecule has 1 N–H and O–H groups in total. The van der Waals surface area contributed by atoms with E-state index in [1.807, 2.05) is 26.0 Å². The van der Waals surface area contributed by atoms with Crippen LogP contribution in [0.15, 0.2) is 18.2 Å². The predicted octanol–water partition coefficient (Wildman–Crippen LogP) is 2.99. The maximum Gasteiger partial charge on any atom is 0.161 e. The molecule has 1 rings (SSSR count). The minimum absolute atomic E-state index is 0.591. The van der Waals surface area contributed by atoms with Gasteiger partial charge in [0.25, 0.3) is 0 Å². The number of benzene rings is 1. The lowest BCUT2D eigenvalue weighted by Crippen LogP contribution is -2.12. The second-order valence-corrected chi connectivity index (χ2v) is 4.02. The molecule has 0 spiro atoms. The van der Waals surface area contributed by atoms with Crippen molar-refractivity contribution in [3.63, 3.8) is 0 Å². The van der Waals surface area contributed by atoms with Gasteiger partial charge in [-0.15, -0.1) is 11.8 Å². The van der Waals surface area contributed by atoms with Gasteiger partial charge >= 0.3 is 0 Å². The fourth-order valence-corrected chi connectivity index (χ4v) is 1.66. The average Bonchev–Trinajstić information content (AvgIpc) is 2.43. The standard InChI is InChI=1S/C16H23NO2/c1-4-7-8-11-19-15-10-9-14(13-17-5-2)12-16(15)18-6-3/h9-10,12,17H,5-6,8,11,13H2,1-3H3. The van der Waals surface area contributed by atoms with E-state index < -0.39 is 0 Å². The summed E-state index contributed by atoms with van der Waals surface area (Å²) in [5.41, 5.74) is 1.20. The van der Waals surface area contributed by atoms with Crippen LogP contribution < -0.4 is 14.8 Å². The highest BCUT2D eigenvalue weighted by Gasteiger charge is 2.06. The summed E-state index contributed by atoms with van der Waals surface area (Å²) >= 11 is 0. The van der Waals surface area contributed by atoms with Crippen LogP contribution in [-0.4, -0.2) is 19.8 Å². The molecule has 0 atom stereocenters. The average molecular weight is 261 g/mol. The third-order valence-corrected chi connectivity index (χ3v) is 2.55. The lowest BCUT2D eigenvalue weighted by molar-refractivity contribution is 0.281. The summed E-state index contributed by atoms with van der Waals surface area (Å²) in [6.45, 7) is 8.93. The number of ether oxygens (including phenoxy) is 2. The maximum atomic E-state index is 5.70. The van der Waals surface area contributed by atoms with Gasteiger partial charge in [-0.05, 0) is 38.1 Å². The lowest BCUT2D eigenvalue weighted by Gasteiger charge is -2.13. The molecule has 0 radical (unpaired) electrons. The fraction of sp³-hybridized carbons (Fsp3) is 0.500. The van der Waals surface area contributed by atoms with E-state index in [0.717, 1.165) is 31.0 Å². The van der Waals surface area contributed by atoms with Crippen molar-refractivity contribution in [3.8, 4) is 23.3 Å². The summed E-state index contributed by atoms with van der Waals surface area (Å²) in [7, 11) is 0. The topological polar surface area (TPSA) is 30.5 Å². The molecule has 0 saturated carbocycles. The number of nitrogens with one attached hydrogen (secondary N) is 1. The van der Waals surface area contributed by atoms with E-state index in [9.17, 15) is 0 Å². The van der Waals surface area contributed by atoms with Crippen molar-refractivity contribution < 1.29 is 9.47 Å². The first-order valence-corrected chi connectivity index (χ1v) is 6.80. The van der Waals surface area contributed by atoms with Gasteiger partial charge in [0.15, 0.2) is 11.5 Å². The number of hydrogen-bond donors (Lipinski definition) is 1. The van der Waals surface area contributed by atoms with E-state index in [1.54, 1.807) is 0 Å². The predicted molar refractivity (Wildman–Crippen MR) is 78.6 cm³/mol. The molecule has 0 saturated heterocycles. The highest BCUT2D eigenvalue weighted by atomic mass is 16.5. The summed E-state index contributed by atoms with van der Waals surface area (Å²) in [4.78, 5) is 0. The van der Waals surface area contributed by atoms with E-state index in [-0.39, 0.29) is 0 Å². The molecule has 1 aromatic rings. The normalized spacial score (nSPS) is 9.63. The Kier molecular flexibility index (Phi) is 7.53. The van der Waals surface area contributed by atoms with Crippen LogP contribution in [0.3, 0.4) is 0 Å². The molecule has 3 heteroatoms. The first kappa shape index (κ1) is 15.4. The van der Waals surface area contributed by atoms with Crippen LogP contribution in [0.25, 0.3) is 0 Å². The molecule has 0 bridgehead atoms. The van der Waals surface area contributed by atoms with E-state index in [1.165, 1.54) is 5.56 Å². The highest BCUT2D eigenvalue weighted by molar-refractivity contribution is 5.43. The second kappa shape index (κ2) is 9.29. The zero-order valence-corrected chi connectivity index (χ0v) is 12.1. The first-order chi connectivity index (χ1) is 9.31. The van der Waals surface area contributed by atoms with Crippen LogP contribution in [0.4, 0.5) is 0 Å². The van der Waals surface area contributed by atoms with Crippen molar-refractivity contribution in [3.05, 3.63) is 23.8 Å². The summed E-state index contributed by atoms with van der Waals surface area (Å²) in [6, 6.07) is 6.07. The van der Waals surface area contributed by atoms with Gasteiger partial charge in [-0.25, -0.2) is 0 Å². The molecule has 0 unspecified atom stereocenters. The molecule has 104 valence electrons. The maximum absolute atomic E-state index is 5.70. The highest BCUT2D eigenvalue weighted by Crippen LogP contribution is 2.28. The molecule has 0 aromatic heterocycles. The van der Waals surface area contributed by atoms with E-state index in [2.05, 4.69) is 30.1 Å². The minimum atomic E-state index is 0.591. The summed E-state index contributed by atoms with van der Waals surface area (Å²) in [6.07, 6.45) is 0.737. The van der Waals surface area contributed by atoms with Crippen molar-refractivity contribution in [2.24, 2.45) is 0 Å². The summed E-state index contributed by atoms with van der Waals surface area (Å²) in [5, 5.41) is 3.30. The van der Waals surface area contributed by atoms with E-state index >= 15 is 0 Å². The molecule has 19 heavy (non-hydrogen) atoms. The van der Waals surface area contributed by atoms with Crippen LogP contribution in [0, 0.1) is 11.8 Å².